The minimum absolute atomic E-state index is 0.0835. The maximum absolute atomic E-state index is 12.8. The number of sulfonamides is 1. The van der Waals surface area contributed by atoms with Crippen LogP contribution in [0, 0.1) is 5.92 Å². The van der Waals surface area contributed by atoms with Crippen LogP contribution >= 0.6 is 0 Å². The molecule has 10 heteroatoms. The van der Waals surface area contributed by atoms with Gasteiger partial charge in [-0.15, -0.1) is 0 Å². The largest absolute Gasteiger partial charge is 0.324 e. The molecule has 0 saturated heterocycles. The van der Waals surface area contributed by atoms with Gasteiger partial charge in [-0.3, -0.25) is 14.5 Å². The Hall–Kier alpha value is -2.72. The Morgan fingerprint density at radius 3 is 2.45 bits per heavy atom. The number of amidine groups is 1. The molecule has 29 heavy (non-hydrogen) atoms. The zero-order valence-corrected chi connectivity index (χ0v) is 17.7. The van der Waals surface area contributed by atoms with E-state index in [1.54, 1.807) is 38.1 Å². The molecule has 0 radical (unpaired) electrons. The lowest BCUT2D eigenvalue weighted by Crippen LogP contribution is -2.34. The Morgan fingerprint density at radius 2 is 1.79 bits per heavy atom. The van der Waals surface area contributed by atoms with E-state index < -0.39 is 31.8 Å². The Balaban J connectivity index is 1.92. The average molecular weight is 436 g/mol. The summed E-state index contributed by atoms with van der Waals surface area (Å²) >= 11 is 0. The molecule has 1 atom stereocenters. The number of aliphatic imine (C=N–C) groups is 1. The number of benzene rings is 2. The minimum atomic E-state index is -3.71. The summed E-state index contributed by atoms with van der Waals surface area (Å²) in [4.78, 5) is 17.4. The number of nitrogens with one attached hydrogen (secondary N) is 2. The van der Waals surface area contributed by atoms with Crippen molar-refractivity contribution in [1.29, 1.82) is 0 Å². The Bertz CT molecular complexity index is 1200. The van der Waals surface area contributed by atoms with E-state index in [0.29, 0.717) is 11.3 Å². The summed E-state index contributed by atoms with van der Waals surface area (Å²) in [5.41, 5.74) is 0.723. The average Bonchev–Trinajstić information content (AvgIpc) is 2.89. The van der Waals surface area contributed by atoms with Crippen molar-refractivity contribution < 1.29 is 21.6 Å². The highest BCUT2D eigenvalue weighted by Crippen LogP contribution is 2.24. The van der Waals surface area contributed by atoms with Crippen LogP contribution in [-0.4, -0.2) is 40.9 Å². The summed E-state index contributed by atoms with van der Waals surface area (Å²) in [6.45, 7) is 3.58. The van der Waals surface area contributed by atoms with Crippen LogP contribution in [0.2, 0.25) is 0 Å². The summed E-state index contributed by atoms with van der Waals surface area (Å²) in [6, 6.07) is 11.4. The van der Waals surface area contributed by atoms with Gasteiger partial charge in [0.05, 0.1) is 9.79 Å². The molecule has 0 aromatic heterocycles. The van der Waals surface area contributed by atoms with Crippen LogP contribution in [0.4, 0.5) is 5.69 Å². The summed E-state index contributed by atoms with van der Waals surface area (Å²) in [5, 5.41) is 2.67. The van der Waals surface area contributed by atoms with E-state index in [1.807, 2.05) is 0 Å². The van der Waals surface area contributed by atoms with E-state index in [1.165, 1.54) is 24.3 Å². The number of fused-ring (bicyclic) bond motifs is 1. The Labute approximate surface area is 170 Å². The van der Waals surface area contributed by atoms with Crippen molar-refractivity contribution in [2.24, 2.45) is 10.9 Å². The van der Waals surface area contributed by atoms with Crippen LogP contribution in [0.1, 0.15) is 19.4 Å². The van der Waals surface area contributed by atoms with Crippen LogP contribution in [0.5, 0.6) is 0 Å². The number of nitrogens with zero attached hydrogens (tertiary/aromatic N) is 1. The van der Waals surface area contributed by atoms with Crippen molar-refractivity contribution in [2.75, 3.05) is 11.6 Å². The minimum Gasteiger partial charge on any atom is -0.324 e. The van der Waals surface area contributed by atoms with Crippen molar-refractivity contribution in [3.05, 3.63) is 54.1 Å². The number of carbonyl (C=O) groups excluding carboxylic acids is 1. The molecule has 1 heterocycles. The lowest BCUT2D eigenvalue weighted by atomic mass is 10.0. The maximum atomic E-state index is 12.8. The molecular weight excluding hydrogens is 414 g/mol. The van der Waals surface area contributed by atoms with Crippen molar-refractivity contribution in [3.8, 4) is 0 Å². The first-order valence-corrected chi connectivity index (χ1v) is 12.2. The van der Waals surface area contributed by atoms with E-state index >= 15 is 0 Å². The van der Waals surface area contributed by atoms with Crippen molar-refractivity contribution >= 4 is 37.3 Å². The first kappa shape index (κ1) is 21.0. The molecule has 0 spiro atoms. The summed E-state index contributed by atoms with van der Waals surface area (Å²) in [6.07, 6.45) is 1.08. The Kier molecular flexibility index (Phi) is 5.50. The van der Waals surface area contributed by atoms with Crippen LogP contribution in [-0.2, 0) is 24.7 Å². The molecule has 1 aliphatic heterocycles. The monoisotopic (exact) mass is 435 g/mol. The van der Waals surface area contributed by atoms with Crippen LogP contribution in [0.25, 0.3) is 0 Å². The van der Waals surface area contributed by atoms with Gasteiger partial charge >= 0.3 is 0 Å². The fourth-order valence-corrected chi connectivity index (χ4v) is 4.81. The summed E-state index contributed by atoms with van der Waals surface area (Å²) in [5.74, 6) is -0.598. The predicted octanol–water partition coefficient (Wildman–Crippen LogP) is 1.79. The Morgan fingerprint density at radius 1 is 1.10 bits per heavy atom. The zero-order valence-electron chi connectivity index (χ0n) is 16.1. The van der Waals surface area contributed by atoms with Crippen LogP contribution in [0.15, 0.2) is 63.3 Å². The van der Waals surface area contributed by atoms with Gasteiger partial charge in [-0.2, -0.15) is 0 Å². The second kappa shape index (κ2) is 7.60. The second-order valence-electron chi connectivity index (χ2n) is 7.06. The quantitative estimate of drug-likeness (QED) is 0.741. The molecule has 8 nitrogen and oxygen atoms in total. The number of sulfone groups is 1. The van der Waals surface area contributed by atoms with Crippen LogP contribution in [0.3, 0.4) is 0 Å². The van der Waals surface area contributed by atoms with Gasteiger partial charge < -0.3 is 5.32 Å². The molecule has 154 valence electrons. The van der Waals surface area contributed by atoms with Gasteiger partial charge in [-0.1, -0.05) is 32.0 Å². The predicted molar refractivity (Wildman–Crippen MR) is 110 cm³/mol. The van der Waals surface area contributed by atoms with Gasteiger partial charge in [0.1, 0.15) is 11.9 Å². The fraction of sp³-hybridized carbons (Fsp3) is 0.263. The number of rotatable bonds is 5. The highest BCUT2D eigenvalue weighted by Gasteiger charge is 2.32. The third kappa shape index (κ3) is 4.48. The number of carbonyl (C=O) groups is 1. The van der Waals surface area contributed by atoms with Gasteiger partial charge in [0.15, 0.2) is 9.84 Å². The molecule has 1 aliphatic rings. The number of amides is 1. The number of hydrogen-bond donors (Lipinski definition) is 2. The second-order valence-corrected chi connectivity index (χ2v) is 10.7. The van der Waals surface area contributed by atoms with Gasteiger partial charge in [0.2, 0.25) is 5.91 Å². The van der Waals surface area contributed by atoms with Gasteiger partial charge in [-0.25, -0.2) is 16.8 Å². The molecule has 2 aromatic carbocycles. The summed E-state index contributed by atoms with van der Waals surface area (Å²) < 4.78 is 50.3. The molecule has 3 rings (SSSR count). The normalized spacial score (nSPS) is 17.6. The molecule has 0 saturated carbocycles. The van der Waals surface area contributed by atoms with Crippen molar-refractivity contribution in [3.63, 3.8) is 0 Å². The van der Waals surface area contributed by atoms with E-state index in [0.717, 1.165) is 6.26 Å². The van der Waals surface area contributed by atoms with Crippen molar-refractivity contribution in [1.82, 2.24) is 4.72 Å². The molecule has 0 fully saturated rings. The highest BCUT2D eigenvalue weighted by atomic mass is 32.2. The SMILES string of the molecule is CC(C)[C@H](N=C1NS(=O)(=O)c2ccccc21)C(=O)Nc1cccc(S(C)(=O)=O)c1. The molecule has 2 N–H and O–H groups in total. The van der Waals surface area contributed by atoms with E-state index in [9.17, 15) is 21.6 Å². The molecule has 0 unspecified atom stereocenters. The van der Waals surface area contributed by atoms with Gasteiger partial charge in [0.25, 0.3) is 10.0 Å². The topological polar surface area (TPSA) is 122 Å². The zero-order chi connectivity index (χ0) is 21.4. The fourth-order valence-electron chi connectivity index (χ4n) is 2.90. The molecule has 0 bridgehead atoms. The molecule has 0 aliphatic carbocycles. The van der Waals surface area contributed by atoms with Gasteiger partial charge in [-0.05, 0) is 36.2 Å². The molecule has 2 aromatic rings. The molecular formula is C19H21N3O5S2. The lowest BCUT2D eigenvalue weighted by Gasteiger charge is -2.17. The third-order valence-corrected chi connectivity index (χ3v) is 6.87. The first-order chi connectivity index (χ1) is 13.5. The smallest absolute Gasteiger partial charge is 0.263 e. The van der Waals surface area contributed by atoms with Gasteiger partial charge in [0, 0.05) is 17.5 Å². The lowest BCUT2D eigenvalue weighted by molar-refractivity contribution is -0.118. The first-order valence-electron chi connectivity index (χ1n) is 8.80. The highest BCUT2D eigenvalue weighted by molar-refractivity contribution is 7.91. The third-order valence-electron chi connectivity index (χ3n) is 4.36. The summed E-state index contributed by atoms with van der Waals surface area (Å²) in [7, 11) is -7.13. The molecule has 1 amide bonds. The standard InChI is InChI=1S/C19H21N3O5S2/c1-12(2)17(19(23)20-13-7-6-8-14(11-13)28(3,24)25)21-18-15-9-4-5-10-16(15)29(26,27)22-18/h4-12,17H,1-3H3,(H,20,23)(H,21,22)/t17-/m0/s1. The van der Waals surface area contributed by atoms with E-state index in [4.69, 9.17) is 0 Å². The van der Waals surface area contributed by atoms with Crippen molar-refractivity contribution in [2.45, 2.75) is 29.7 Å². The maximum Gasteiger partial charge on any atom is 0.263 e. The van der Waals surface area contributed by atoms with E-state index in [-0.39, 0.29) is 21.5 Å². The van der Waals surface area contributed by atoms with E-state index in [2.05, 4.69) is 15.0 Å². The number of hydrogen-bond acceptors (Lipinski definition) is 6. The number of anilines is 1. The van der Waals surface area contributed by atoms with Crippen LogP contribution < -0.4 is 10.0 Å².